The van der Waals surface area contributed by atoms with Crippen molar-refractivity contribution in [2.24, 2.45) is 5.41 Å². The summed E-state index contributed by atoms with van der Waals surface area (Å²) in [4.78, 5) is 50.0. The molecule has 0 aliphatic heterocycles. The second-order valence-electron chi connectivity index (χ2n) is 9.95. The van der Waals surface area contributed by atoms with Crippen LogP contribution in [0.3, 0.4) is 0 Å². The highest BCUT2D eigenvalue weighted by Gasteiger charge is 2.29. The van der Waals surface area contributed by atoms with Gasteiger partial charge in [0, 0.05) is 43.7 Å². The van der Waals surface area contributed by atoms with Gasteiger partial charge in [-0.05, 0) is 40.8 Å². The Kier molecular flexibility index (Phi) is 9.48. The molecule has 0 radical (unpaired) electrons. The minimum absolute atomic E-state index is 0.00157. The molecule has 0 atom stereocenters. The molecule has 12 heteroatoms. The average Bonchev–Trinajstić information content (AvgIpc) is 3.48. The lowest BCUT2D eigenvalue weighted by atomic mass is 9.85. The number of thiophene rings is 2. The lowest BCUT2D eigenvalue weighted by molar-refractivity contribution is -0.120. The average molecular weight is 720 g/mol. The maximum absolute atomic E-state index is 12.9. The number of hydrogen-bond donors (Lipinski definition) is 4. The van der Waals surface area contributed by atoms with E-state index in [9.17, 15) is 29.4 Å². The highest BCUT2D eigenvalue weighted by Crippen LogP contribution is 2.38. The summed E-state index contributed by atoms with van der Waals surface area (Å²) in [6.45, 7) is 3.48. The van der Waals surface area contributed by atoms with E-state index in [4.69, 9.17) is 0 Å². The SMILES string of the molecule is CC(C)(CC(=O)Nc1scc(-c2ccc(Br)cc2)c1C(=O)O)CC(=O)Nc1scc(-c2ccc(Br)cc2)c1C(=O)O. The van der Waals surface area contributed by atoms with Crippen molar-refractivity contribution in [2.45, 2.75) is 26.7 Å². The summed E-state index contributed by atoms with van der Waals surface area (Å²) in [5, 5.41) is 28.9. The van der Waals surface area contributed by atoms with Gasteiger partial charge in [0.1, 0.15) is 21.1 Å². The summed E-state index contributed by atoms with van der Waals surface area (Å²) >= 11 is 8.96. The number of halogens is 2. The van der Waals surface area contributed by atoms with Gasteiger partial charge in [0.2, 0.25) is 11.8 Å². The predicted octanol–water partition coefficient (Wildman–Crippen LogP) is 8.45. The number of amides is 2. The Morgan fingerprint density at radius 3 is 1.34 bits per heavy atom. The molecular weight excluding hydrogens is 696 g/mol. The Morgan fingerprint density at radius 1 is 0.683 bits per heavy atom. The van der Waals surface area contributed by atoms with Gasteiger partial charge in [0.25, 0.3) is 0 Å². The highest BCUT2D eigenvalue weighted by atomic mass is 79.9. The van der Waals surface area contributed by atoms with Crippen LogP contribution < -0.4 is 10.6 Å². The van der Waals surface area contributed by atoms with Crippen molar-refractivity contribution in [1.82, 2.24) is 0 Å². The molecule has 0 unspecified atom stereocenters. The molecule has 2 amide bonds. The lowest BCUT2D eigenvalue weighted by Gasteiger charge is -2.23. The first-order chi connectivity index (χ1) is 19.3. The van der Waals surface area contributed by atoms with Gasteiger partial charge in [-0.15, -0.1) is 22.7 Å². The number of carbonyl (C=O) groups is 4. The van der Waals surface area contributed by atoms with Crippen LogP contribution in [0.25, 0.3) is 22.3 Å². The minimum atomic E-state index is -1.16. The van der Waals surface area contributed by atoms with E-state index in [0.717, 1.165) is 31.6 Å². The molecule has 4 rings (SSSR count). The first kappa shape index (κ1) is 30.6. The Hall–Kier alpha value is -3.32. The van der Waals surface area contributed by atoms with Crippen LogP contribution in [0.4, 0.5) is 10.0 Å². The number of hydrogen-bond acceptors (Lipinski definition) is 6. The second kappa shape index (κ2) is 12.7. The number of nitrogens with one attached hydrogen (secondary N) is 2. The van der Waals surface area contributed by atoms with Crippen LogP contribution in [-0.2, 0) is 9.59 Å². The van der Waals surface area contributed by atoms with Crippen LogP contribution in [-0.4, -0.2) is 34.0 Å². The maximum Gasteiger partial charge on any atom is 0.339 e. The van der Waals surface area contributed by atoms with Crippen LogP contribution in [0.2, 0.25) is 0 Å². The summed E-state index contributed by atoms with van der Waals surface area (Å²) in [6.07, 6.45) is -0.128. The zero-order valence-electron chi connectivity index (χ0n) is 21.8. The second-order valence-corrected chi connectivity index (χ2v) is 13.5. The smallest absolute Gasteiger partial charge is 0.339 e. The number of rotatable bonds is 10. The molecule has 212 valence electrons. The molecule has 0 aliphatic carbocycles. The number of carbonyl (C=O) groups excluding carboxylic acids is 2. The fourth-order valence-corrected chi connectivity index (χ4v) is 6.77. The molecule has 0 aliphatic rings. The summed E-state index contributed by atoms with van der Waals surface area (Å²) in [7, 11) is 0. The van der Waals surface area contributed by atoms with Gasteiger partial charge >= 0.3 is 11.9 Å². The normalized spacial score (nSPS) is 11.2. The van der Waals surface area contributed by atoms with E-state index in [-0.39, 0.29) is 34.0 Å². The molecule has 4 aromatic rings. The number of anilines is 2. The van der Waals surface area contributed by atoms with Crippen molar-refractivity contribution in [3.8, 4) is 22.3 Å². The lowest BCUT2D eigenvalue weighted by Crippen LogP contribution is -2.27. The Labute approximate surface area is 260 Å². The zero-order valence-corrected chi connectivity index (χ0v) is 26.6. The molecular formula is C29H24Br2N2O6S2. The Morgan fingerprint density at radius 2 is 1.02 bits per heavy atom. The summed E-state index contributed by atoms with van der Waals surface area (Å²) in [6, 6.07) is 14.4. The van der Waals surface area contributed by atoms with Crippen molar-refractivity contribution in [3.05, 3.63) is 79.4 Å². The van der Waals surface area contributed by atoms with Crippen LogP contribution in [0.5, 0.6) is 0 Å². The third kappa shape index (κ3) is 7.50. The Bertz CT molecular complexity index is 1510. The minimum Gasteiger partial charge on any atom is -0.478 e. The van der Waals surface area contributed by atoms with Gasteiger partial charge in [0.05, 0.1) is 0 Å². The van der Waals surface area contributed by atoms with Crippen molar-refractivity contribution in [1.29, 1.82) is 0 Å². The van der Waals surface area contributed by atoms with E-state index in [1.165, 1.54) is 0 Å². The molecule has 0 saturated heterocycles. The maximum atomic E-state index is 12.9. The molecule has 2 heterocycles. The summed E-state index contributed by atoms with van der Waals surface area (Å²) in [5.41, 5.74) is 1.60. The van der Waals surface area contributed by atoms with Gasteiger partial charge in [0.15, 0.2) is 0 Å². The topological polar surface area (TPSA) is 133 Å². The largest absolute Gasteiger partial charge is 0.478 e. The van der Waals surface area contributed by atoms with Gasteiger partial charge < -0.3 is 20.8 Å². The van der Waals surface area contributed by atoms with Crippen molar-refractivity contribution in [2.75, 3.05) is 10.6 Å². The molecule has 4 N–H and O–H groups in total. The molecule has 2 aromatic carbocycles. The molecule has 0 spiro atoms. The fraction of sp³-hybridized carbons (Fsp3) is 0.172. The summed E-state index contributed by atoms with van der Waals surface area (Å²) < 4.78 is 1.72. The van der Waals surface area contributed by atoms with Gasteiger partial charge in [-0.3, -0.25) is 9.59 Å². The third-order valence-corrected chi connectivity index (χ3v) is 8.95. The monoisotopic (exact) mass is 718 g/mol. The highest BCUT2D eigenvalue weighted by molar-refractivity contribution is 9.10. The standard InChI is InChI=1S/C29H24Br2N2O6S2/c1-29(2,11-21(34)32-25-23(27(36)37)19(13-40-25)15-3-7-17(30)8-4-15)12-22(35)33-26-24(28(38)39)20(14-41-26)16-5-9-18(31)10-6-16/h3-10,13-14H,11-12H2,1-2H3,(H,32,34)(H,33,35)(H,36,37)(H,38,39). The van der Waals surface area contributed by atoms with Crippen LogP contribution in [0, 0.1) is 5.41 Å². The van der Waals surface area contributed by atoms with Crippen molar-refractivity contribution < 1.29 is 29.4 Å². The van der Waals surface area contributed by atoms with E-state index < -0.39 is 29.2 Å². The Balaban J connectivity index is 1.44. The molecule has 8 nitrogen and oxygen atoms in total. The number of carboxylic acid groups (broad SMARTS) is 2. The van der Waals surface area contributed by atoms with E-state index >= 15 is 0 Å². The van der Waals surface area contributed by atoms with E-state index in [1.54, 1.807) is 48.9 Å². The molecule has 0 fully saturated rings. The molecule has 0 saturated carbocycles. The van der Waals surface area contributed by atoms with Crippen LogP contribution in [0.15, 0.2) is 68.2 Å². The first-order valence-corrected chi connectivity index (χ1v) is 15.5. The van der Waals surface area contributed by atoms with E-state index in [1.807, 2.05) is 24.3 Å². The van der Waals surface area contributed by atoms with Gasteiger partial charge in [-0.2, -0.15) is 0 Å². The zero-order chi connectivity index (χ0) is 29.9. The van der Waals surface area contributed by atoms with Crippen molar-refractivity contribution in [3.63, 3.8) is 0 Å². The molecule has 2 aromatic heterocycles. The molecule has 0 bridgehead atoms. The fourth-order valence-electron chi connectivity index (χ4n) is 4.28. The van der Waals surface area contributed by atoms with E-state index in [2.05, 4.69) is 42.5 Å². The van der Waals surface area contributed by atoms with Crippen LogP contribution >= 0.6 is 54.5 Å². The van der Waals surface area contributed by atoms with Crippen molar-refractivity contribution >= 4 is 88.3 Å². The summed E-state index contributed by atoms with van der Waals surface area (Å²) in [5.74, 6) is -3.19. The van der Waals surface area contributed by atoms with E-state index in [0.29, 0.717) is 22.3 Å². The van der Waals surface area contributed by atoms with Crippen LogP contribution in [0.1, 0.15) is 47.4 Å². The third-order valence-electron chi connectivity index (χ3n) is 6.10. The van der Waals surface area contributed by atoms with Gasteiger partial charge in [-0.1, -0.05) is 70.0 Å². The molecule has 41 heavy (non-hydrogen) atoms. The first-order valence-electron chi connectivity index (χ1n) is 12.2. The predicted molar refractivity (Wildman–Crippen MR) is 169 cm³/mol. The number of carboxylic acids is 2. The number of aromatic carboxylic acids is 2. The van der Waals surface area contributed by atoms with Gasteiger partial charge in [-0.25, -0.2) is 9.59 Å². The quantitative estimate of drug-likeness (QED) is 0.130. The number of benzene rings is 2.